The van der Waals surface area contributed by atoms with Crippen molar-refractivity contribution in [3.05, 3.63) is 29.4 Å². The van der Waals surface area contributed by atoms with Gasteiger partial charge in [0.15, 0.2) is 11.0 Å². The van der Waals surface area contributed by atoms with Gasteiger partial charge in [0.1, 0.15) is 0 Å². The van der Waals surface area contributed by atoms with Crippen molar-refractivity contribution in [2.75, 3.05) is 44.2 Å². The summed E-state index contributed by atoms with van der Waals surface area (Å²) in [5, 5.41) is 7.91. The maximum atomic E-state index is 12.9. The van der Waals surface area contributed by atoms with E-state index in [1.165, 1.54) is 4.31 Å². The third-order valence-electron chi connectivity index (χ3n) is 6.97. The van der Waals surface area contributed by atoms with Gasteiger partial charge in [0, 0.05) is 32.7 Å². The summed E-state index contributed by atoms with van der Waals surface area (Å²) in [5.41, 5.74) is 0. The summed E-state index contributed by atoms with van der Waals surface area (Å²) in [5.74, 6) is 0.476. The molecule has 0 aromatic carbocycles. The van der Waals surface area contributed by atoms with Crippen LogP contribution in [0.1, 0.15) is 19.3 Å². The average molecular weight is 488 g/mol. The van der Waals surface area contributed by atoms with E-state index in [1.807, 2.05) is 18.2 Å². The molecule has 2 aliphatic carbocycles. The van der Waals surface area contributed by atoms with Crippen molar-refractivity contribution in [1.82, 2.24) is 19.4 Å². The Labute approximate surface area is 194 Å². The zero-order valence-corrected chi connectivity index (χ0v) is 19.5. The number of allylic oxidation sites excluding steroid dienone is 2. The fraction of sp³-hybridized carbons (Fsp3) is 0.650. The standard InChI is InChI=1S/C20H26ClN5O3S.ClH/c21-16-5-6-17(23-22-16)25-11-9-24(10-12-25)7-1-2-8-26-20(27)18-14-3-4-15(13-14)19(18)30(26,28)29;/h3-6,14-15,18-19H,1-2,7-13H2;1H. The monoisotopic (exact) mass is 487 g/mol. The van der Waals surface area contributed by atoms with Crippen molar-refractivity contribution in [1.29, 1.82) is 0 Å². The number of fused-ring (bicyclic) bond motifs is 5. The number of carbonyl (C=O) groups excluding carboxylic acids is 1. The fourth-order valence-electron chi connectivity index (χ4n) is 5.45. The molecule has 4 aliphatic rings. The summed E-state index contributed by atoms with van der Waals surface area (Å²) in [4.78, 5) is 17.3. The van der Waals surface area contributed by atoms with Gasteiger partial charge in [0.05, 0.1) is 11.2 Å². The zero-order valence-electron chi connectivity index (χ0n) is 17.1. The van der Waals surface area contributed by atoms with E-state index in [4.69, 9.17) is 11.6 Å². The first kappa shape index (κ1) is 22.8. The van der Waals surface area contributed by atoms with Crippen LogP contribution in [0.5, 0.6) is 0 Å². The van der Waals surface area contributed by atoms with E-state index in [1.54, 1.807) is 6.07 Å². The highest BCUT2D eigenvalue weighted by atomic mass is 35.5. The molecule has 4 atom stereocenters. The van der Waals surface area contributed by atoms with Crippen LogP contribution >= 0.6 is 24.0 Å². The number of aromatic nitrogens is 2. The molecule has 11 heteroatoms. The van der Waals surface area contributed by atoms with Gasteiger partial charge in [-0.25, -0.2) is 12.7 Å². The predicted octanol–water partition coefficient (Wildman–Crippen LogP) is 1.82. The number of unbranched alkanes of at least 4 members (excludes halogenated alkanes) is 1. The van der Waals surface area contributed by atoms with Crippen LogP contribution in [0.25, 0.3) is 0 Å². The Balaban J connectivity index is 0.00000231. The molecule has 1 aromatic heterocycles. The van der Waals surface area contributed by atoms with Crippen molar-refractivity contribution in [3.63, 3.8) is 0 Å². The molecule has 0 spiro atoms. The second-order valence-corrected chi connectivity index (χ2v) is 11.0. The molecule has 1 amide bonds. The number of sulfonamides is 1. The number of halogens is 2. The Morgan fingerprint density at radius 1 is 1.00 bits per heavy atom. The summed E-state index contributed by atoms with van der Waals surface area (Å²) < 4.78 is 27.0. The van der Waals surface area contributed by atoms with Gasteiger partial charge in [-0.05, 0) is 49.8 Å². The molecule has 8 nitrogen and oxygen atoms in total. The highest BCUT2D eigenvalue weighted by Gasteiger charge is 2.62. The van der Waals surface area contributed by atoms with Crippen LogP contribution in [-0.2, 0) is 14.8 Å². The molecular formula is C20H27Cl2N5O3S. The smallest absolute Gasteiger partial charge is 0.241 e. The lowest BCUT2D eigenvalue weighted by Gasteiger charge is -2.35. The first-order chi connectivity index (χ1) is 14.4. The quantitative estimate of drug-likeness (QED) is 0.446. The number of anilines is 1. The Morgan fingerprint density at radius 3 is 2.39 bits per heavy atom. The number of hydrogen-bond acceptors (Lipinski definition) is 7. The largest absolute Gasteiger partial charge is 0.353 e. The highest BCUT2D eigenvalue weighted by Crippen LogP contribution is 2.52. The normalized spacial score (nSPS) is 31.2. The second-order valence-electron chi connectivity index (χ2n) is 8.64. The zero-order chi connectivity index (χ0) is 20.9. The molecule has 5 rings (SSSR count). The molecule has 3 fully saturated rings. The summed E-state index contributed by atoms with van der Waals surface area (Å²) in [6.45, 7) is 4.80. The second kappa shape index (κ2) is 8.84. The van der Waals surface area contributed by atoms with E-state index < -0.39 is 15.3 Å². The van der Waals surface area contributed by atoms with Crippen molar-refractivity contribution < 1.29 is 13.2 Å². The van der Waals surface area contributed by atoms with Crippen molar-refractivity contribution >= 4 is 45.8 Å². The Bertz CT molecular complexity index is 950. The molecule has 4 unspecified atom stereocenters. The lowest BCUT2D eigenvalue weighted by atomic mass is 9.92. The van der Waals surface area contributed by atoms with E-state index in [0.29, 0.717) is 18.1 Å². The van der Waals surface area contributed by atoms with E-state index in [0.717, 1.165) is 51.4 Å². The van der Waals surface area contributed by atoms with Crippen molar-refractivity contribution in [2.45, 2.75) is 24.5 Å². The topological polar surface area (TPSA) is 86.7 Å². The molecule has 1 aromatic rings. The lowest BCUT2D eigenvalue weighted by Crippen LogP contribution is -2.47. The third-order valence-corrected chi connectivity index (χ3v) is 9.48. The number of piperazine rings is 1. The molecule has 0 N–H and O–H groups in total. The number of hydrogen-bond donors (Lipinski definition) is 0. The molecule has 3 heterocycles. The van der Waals surface area contributed by atoms with Gasteiger partial charge < -0.3 is 4.90 Å². The first-order valence-corrected chi connectivity index (χ1v) is 12.5. The van der Waals surface area contributed by atoms with E-state index in [2.05, 4.69) is 20.0 Å². The highest BCUT2D eigenvalue weighted by molar-refractivity contribution is 7.90. The van der Waals surface area contributed by atoms with Crippen molar-refractivity contribution in [3.8, 4) is 0 Å². The molecule has 2 bridgehead atoms. The van der Waals surface area contributed by atoms with Gasteiger partial charge in [0.25, 0.3) is 0 Å². The van der Waals surface area contributed by atoms with E-state index >= 15 is 0 Å². The van der Waals surface area contributed by atoms with E-state index in [-0.39, 0.29) is 36.1 Å². The fourth-order valence-corrected chi connectivity index (χ4v) is 7.93. The first-order valence-electron chi connectivity index (χ1n) is 10.7. The number of rotatable bonds is 6. The Kier molecular flexibility index (Phi) is 6.49. The Morgan fingerprint density at radius 2 is 1.71 bits per heavy atom. The SMILES string of the molecule is Cl.O=C1C2C3C=CC(C3)C2S(=O)(=O)N1CCCCN1CCN(c2ccc(Cl)nn2)CC1. The van der Waals surface area contributed by atoms with Crippen LogP contribution in [0.4, 0.5) is 5.82 Å². The molecule has 2 aliphatic heterocycles. The van der Waals surface area contributed by atoms with Crippen LogP contribution in [-0.4, -0.2) is 78.2 Å². The Hall–Kier alpha value is -1.42. The van der Waals surface area contributed by atoms with Gasteiger partial charge in [0.2, 0.25) is 15.9 Å². The predicted molar refractivity (Wildman–Crippen MR) is 121 cm³/mol. The molecule has 2 saturated heterocycles. The van der Waals surface area contributed by atoms with Crippen LogP contribution in [0.15, 0.2) is 24.3 Å². The minimum Gasteiger partial charge on any atom is -0.353 e. The van der Waals surface area contributed by atoms with E-state index in [9.17, 15) is 13.2 Å². The van der Waals surface area contributed by atoms with Crippen molar-refractivity contribution in [2.24, 2.45) is 17.8 Å². The van der Waals surface area contributed by atoms with Gasteiger partial charge >= 0.3 is 0 Å². The van der Waals surface area contributed by atoms with Gasteiger partial charge in [-0.3, -0.25) is 9.69 Å². The van der Waals surface area contributed by atoms with Crippen LogP contribution in [0, 0.1) is 17.8 Å². The summed E-state index contributed by atoms with van der Waals surface area (Å²) >= 11 is 5.80. The molecule has 0 radical (unpaired) electrons. The maximum Gasteiger partial charge on any atom is 0.241 e. The molecule has 31 heavy (non-hydrogen) atoms. The minimum absolute atomic E-state index is 0. The van der Waals surface area contributed by atoms with Gasteiger partial charge in [-0.1, -0.05) is 23.8 Å². The number of carbonyl (C=O) groups is 1. The van der Waals surface area contributed by atoms with Crippen LogP contribution in [0.2, 0.25) is 5.15 Å². The van der Waals surface area contributed by atoms with Gasteiger partial charge in [-0.2, -0.15) is 0 Å². The van der Waals surface area contributed by atoms with Crippen LogP contribution in [0.3, 0.4) is 0 Å². The van der Waals surface area contributed by atoms with Gasteiger partial charge in [-0.15, -0.1) is 22.6 Å². The summed E-state index contributed by atoms with van der Waals surface area (Å²) in [7, 11) is -3.50. The summed E-state index contributed by atoms with van der Waals surface area (Å²) in [6, 6.07) is 3.63. The maximum absolute atomic E-state index is 12.9. The molecule has 1 saturated carbocycles. The van der Waals surface area contributed by atoms with Crippen LogP contribution < -0.4 is 4.90 Å². The average Bonchev–Trinajstić information content (AvgIpc) is 3.41. The number of nitrogens with zero attached hydrogens (tertiary/aromatic N) is 5. The molecular weight excluding hydrogens is 461 g/mol. The summed E-state index contributed by atoms with van der Waals surface area (Å²) in [6.07, 6.45) is 6.44. The molecule has 170 valence electrons. The third kappa shape index (κ3) is 4.05. The minimum atomic E-state index is -3.50. The number of amides is 1. The lowest BCUT2D eigenvalue weighted by molar-refractivity contribution is -0.129.